The Labute approximate surface area is 79.7 Å². The molecule has 0 saturated carbocycles. The summed E-state index contributed by atoms with van der Waals surface area (Å²) in [5.74, 6) is 0.171. The highest BCUT2D eigenvalue weighted by molar-refractivity contribution is 9.09. The summed E-state index contributed by atoms with van der Waals surface area (Å²) in [6, 6.07) is -0.00343. The fraction of sp³-hybridized carbons (Fsp3) is 0.714. The first-order valence-electron chi connectivity index (χ1n) is 3.85. The van der Waals surface area contributed by atoms with Gasteiger partial charge in [-0.15, -0.1) is 0 Å². The molecule has 0 aromatic carbocycles. The van der Waals surface area contributed by atoms with Gasteiger partial charge in [0.2, 0.25) is 5.91 Å². The van der Waals surface area contributed by atoms with Crippen LogP contribution < -0.4 is 11.1 Å². The van der Waals surface area contributed by atoms with E-state index in [2.05, 4.69) is 26.2 Å². The van der Waals surface area contributed by atoms with Crippen LogP contribution in [0.4, 0.5) is 0 Å². The molecule has 0 spiro atoms. The van der Waals surface area contributed by atoms with Gasteiger partial charge in [-0.2, -0.15) is 0 Å². The van der Waals surface area contributed by atoms with Crippen LogP contribution in [0.3, 0.4) is 0 Å². The summed E-state index contributed by atoms with van der Waals surface area (Å²) >= 11 is 3.30. The van der Waals surface area contributed by atoms with Crippen molar-refractivity contribution in [3.63, 3.8) is 0 Å². The van der Waals surface area contributed by atoms with Gasteiger partial charge in [-0.1, -0.05) is 15.9 Å². The third-order valence-corrected chi connectivity index (χ3v) is 2.39. The predicted octanol–water partition coefficient (Wildman–Crippen LogP) is 0.221. The summed E-state index contributed by atoms with van der Waals surface area (Å²) in [6.07, 6.45) is 0.795. The monoisotopic (exact) mass is 233 g/mol. The summed E-state index contributed by atoms with van der Waals surface area (Å²) in [6.45, 7) is 1.90. The molecule has 1 rings (SSSR count). The third-order valence-electron chi connectivity index (χ3n) is 1.93. The minimum Gasteiger partial charge on any atom is -0.370 e. The second-order valence-corrected chi connectivity index (χ2v) is 3.62. The molecule has 5 heteroatoms. The van der Waals surface area contributed by atoms with Crippen molar-refractivity contribution in [1.29, 1.82) is 0 Å². The Morgan fingerprint density at radius 1 is 1.75 bits per heavy atom. The van der Waals surface area contributed by atoms with Crippen LogP contribution in [0.15, 0.2) is 4.99 Å². The number of carbonyl (C=O) groups is 1. The number of nitrogens with zero attached hydrogens (tertiary/aromatic N) is 1. The Morgan fingerprint density at radius 2 is 2.42 bits per heavy atom. The first-order valence-corrected chi connectivity index (χ1v) is 4.97. The van der Waals surface area contributed by atoms with Crippen molar-refractivity contribution in [2.45, 2.75) is 19.4 Å². The number of carbonyl (C=O) groups excluding carboxylic acids is 1. The van der Waals surface area contributed by atoms with Crippen molar-refractivity contribution in [3.8, 4) is 0 Å². The molecular formula is C7H12BrN3O. The highest BCUT2D eigenvalue weighted by Crippen LogP contribution is 2.16. The van der Waals surface area contributed by atoms with Crippen molar-refractivity contribution >= 4 is 27.8 Å². The van der Waals surface area contributed by atoms with Crippen molar-refractivity contribution in [1.82, 2.24) is 5.32 Å². The second-order valence-electron chi connectivity index (χ2n) is 2.83. The Kier molecular flexibility index (Phi) is 3.08. The number of amides is 1. The topological polar surface area (TPSA) is 67.5 Å². The van der Waals surface area contributed by atoms with E-state index in [-0.39, 0.29) is 23.8 Å². The highest BCUT2D eigenvalue weighted by Gasteiger charge is 2.28. The maximum Gasteiger partial charge on any atom is 0.231 e. The van der Waals surface area contributed by atoms with Crippen LogP contribution in [-0.2, 0) is 4.79 Å². The molecular weight excluding hydrogens is 222 g/mol. The van der Waals surface area contributed by atoms with Crippen molar-refractivity contribution in [2.75, 3.05) is 5.33 Å². The molecule has 2 atom stereocenters. The first kappa shape index (κ1) is 9.51. The van der Waals surface area contributed by atoms with E-state index < -0.39 is 0 Å². The minimum atomic E-state index is -0.0447. The molecule has 0 radical (unpaired) electrons. The number of alkyl halides is 1. The minimum absolute atomic E-state index is 0.00343. The van der Waals surface area contributed by atoms with Crippen LogP contribution in [0.2, 0.25) is 0 Å². The molecule has 68 valence electrons. The molecule has 2 unspecified atom stereocenters. The average molecular weight is 234 g/mol. The van der Waals surface area contributed by atoms with Gasteiger partial charge in [0.15, 0.2) is 5.96 Å². The molecule has 1 aliphatic heterocycles. The Morgan fingerprint density at radius 3 is 2.92 bits per heavy atom. The molecule has 0 aliphatic carbocycles. The van der Waals surface area contributed by atoms with Gasteiger partial charge in [0, 0.05) is 5.33 Å². The third kappa shape index (κ3) is 1.97. The van der Waals surface area contributed by atoms with Crippen LogP contribution in [-0.4, -0.2) is 23.2 Å². The summed E-state index contributed by atoms with van der Waals surface area (Å²) in [5.41, 5.74) is 5.38. The number of aliphatic imine (C=N–C) groups is 1. The molecule has 0 saturated heterocycles. The number of halogens is 1. The molecule has 3 N–H and O–H groups in total. The zero-order valence-corrected chi connectivity index (χ0v) is 8.47. The molecule has 0 fully saturated rings. The van der Waals surface area contributed by atoms with Crippen LogP contribution >= 0.6 is 15.9 Å². The highest BCUT2D eigenvalue weighted by atomic mass is 79.9. The van der Waals surface area contributed by atoms with Gasteiger partial charge in [-0.3, -0.25) is 10.1 Å². The molecule has 0 aromatic rings. The van der Waals surface area contributed by atoms with E-state index in [1.807, 2.05) is 6.92 Å². The number of guanidine groups is 1. The molecule has 0 aromatic heterocycles. The van der Waals surface area contributed by atoms with Crippen molar-refractivity contribution < 1.29 is 4.79 Å². The van der Waals surface area contributed by atoms with Gasteiger partial charge in [0.25, 0.3) is 0 Å². The zero-order chi connectivity index (χ0) is 9.14. The SMILES string of the molecule is CC1N=C(N)NC(=O)C1CCBr. The summed E-state index contributed by atoms with van der Waals surface area (Å²) in [7, 11) is 0. The lowest BCUT2D eigenvalue weighted by Crippen LogP contribution is -2.48. The fourth-order valence-corrected chi connectivity index (χ4v) is 1.76. The van der Waals surface area contributed by atoms with E-state index in [0.29, 0.717) is 0 Å². The van der Waals surface area contributed by atoms with Crippen LogP contribution in [0.5, 0.6) is 0 Å². The van der Waals surface area contributed by atoms with Crippen LogP contribution in [0, 0.1) is 5.92 Å². The first-order chi connectivity index (χ1) is 5.65. The standard InChI is InChI=1S/C7H12BrN3O/c1-4-5(2-3-8)6(12)11-7(9)10-4/h4-5H,2-3H2,1H3,(H3,9,10,11,12). The number of nitrogens with one attached hydrogen (secondary N) is 1. The Bertz CT molecular complexity index is 217. The number of hydrogen-bond acceptors (Lipinski definition) is 3. The molecule has 1 amide bonds. The van der Waals surface area contributed by atoms with Gasteiger partial charge < -0.3 is 5.73 Å². The van der Waals surface area contributed by atoms with Crippen LogP contribution in [0.25, 0.3) is 0 Å². The maximum absolute atomic E-state index is 11.3. The number of hydrogen-bond donors (Lipinski definition) is 2. The van der Waals surface area contributed by atoms with E-state index in [1.54, 1.807) is 0 Å². The van der Waals surface area contributed by atoms with Crippen LogP contribution in [0.1, 0.15) is 13.3 Å². The summed E-state index contributed by atoms with van der Waals surface area (Å²) < 4.78 is 0. The van der Waals surface area contributed by atoms with Gasteiger partial charge in [0.05, 0.1) is 12.0 Å². The number of nitrogens with two attached hydrogens (primary N) is 1. The van der Waals surface area contributed by atoms with E-state index in [4.69, 9.17) is 5.73 Å². The maximum atomic E-state index is 11.3. The second kappa shape index (κ2) is 3.89. The van der Waals surface area contributed by atoms with Crippen molar-refractivity contribution in [2.24, 2.45) is 16.6 Å². The predicted molar refractivity (Wildman–Crippen MR) is 51.1 cm³/mol. The van der Waals surface area contributed by atoms with Gasteiger partial charge in [-0.05, 0) is 13.3 Å². The largest absolute Gasteiger partial charge is 0.370 e. The lowest BCUT2D eigenvalue weighted by Gasteiger charge is -2.24. The lowest BCUT2D eigenvalue weighted by molar-refractivity contribution is -0.124. The summed E-state index contributed by atoms with van der Waals surface area (Å²) in [5, 5.41) is 3.32. The molecule has 0 bridgehead atoms. The van der Waals surface area contributed by atoms with Gasteiger partial charge in [-0.25, -0.2) is 4.99 Å². The normalized spacial score (nSPS) is 29.5. The molecule has 1 aliphatic rings. The van der Waals surface area contributed by atoms with E-state index in [1.165, 1.54) is 0 Å². The van der Waals surface area contributed by atoms with E-state index in [0.717, 1.165) is 11.8 Å². The molecule has 12 heavy (non-hydrogen) atoms. The molecule has 4 nitrogen and oxygen atoms in total. The Balaban J connectivity index is 2.69. The van der Waals surface area contributed by atoms with Gasteiger partial charge >= 0.3 is 0 Å². The lowest BCUT2D eigenvalue weighted by atomic mass is 9.97. The van der Waals surface area contributed by atoms with Crippen molar-refractivity contribution in [3.05, 3.63) is 0 Å². The Hall–Kier alpha value is -0.580. The van der Waals surface area contributed by atoms with Gasteiger partial charge in [0.1, 0.15) is 0 Å². The zero-order valence-electron chi connectivity index (χ0n) is 6.88. The smallest absolute Gasteiger partial charge is 0.231 e. The van der Waals surface area contributed by atoms with E-state index in [9.17, 15) is 4.79 Å². The number of rotatable bonds is 2. The average Bonchev–Trinajstić information content (AvgIpc) is 1.96. The fourth-order valence-electron chi connectivity index (χ4n) is 1.27. The van der Waals surface area contributed by atoms with E-state index >= 15 is 0 Å². The quantitative estimate of drug-likeness (QED) is 0.671. The summed E-state index contributed by atoms with van der Waals surface area (Å²) in [4.78, 5) is 15.4. The molecule has 1 heterocycles.